The Kier molecular flexibility index (Phi) is 3.99. The van der Waals surface area contributed by atoms with E-state index in [-0.39, 0.29) is 11.9 Å². The molecule has 1 saturated carbocycles. The summed E-state index contributed by atoms with van der Waals surface area (Å²) >= 11 is 0. The Morgan fingerprint density at radius 3 is 2.71 bits per heavy atom. The molecule has 110 valence electrons. The van der Waals surface area contributed by atoms with Crippen molar-refractivity contribution >= 4 is 22.8 Å². The maximum Gasteiger partial charge on any atom is 0.242 e. The van der Waals surface area contributed by atoms with Crippen LogP contribution in [0.3, 0.4) is 0 Å². The van der Waals surface area contributed by atoms with E-state index in [2.05, 4.69) is 20.6 Å². The SMILES string of the molecule is C[C@@H](Nc1cnc2ccccc2n1)C(=O)NC1CCCC1. The maximum atomic E-state index is 12.1. The van der Waals surface area contributed by atoms with Crippen LogP contribution < -0.4 is 10.6 Å². The summed E-state index contributed by atoms with van der Waals surface area (Å²) in [5.74, 6) is 0.652. The highest BCUT2D eigenvalue weighted by molar-refractivity contribution is 5.84. The highest BCUT2D eigenvalue weighted by atomic mass is 16.2. The maximum absolute atomic E-state index is 12.1. The van der Waals surface area contributed by atoms with Crippen LogP contribution in [-0.2, 0) is 4.79 Å². The molecule has 1 atom stereocenters. The van der Waals surface area contributed by atoms with Gasteiger partial charge in [-0.2, -0.15) is 0 Å². The monoisotopic (exact) mass is 284 g/mol. The van der Waals surface area contributed by atoms with Crippen molar-refractivity contribution in [2.24, 2.45) is 0 Å². The minimum atomic E-state index is -0.318. The van der Waals surface area contributed by atoms with Crippen LogP contribution in [-0.4, -0.2) is 28.0 Å². The zero-order valence-electron chi connectivity index (χ0n) is 12.2. The van der Waals surface area contributed by atoms with E-state index in [1.807, 2.05) is 31.2 Å². The van der Waals surface area contributed by atoms with Gasteiger partial charge in [-0.05, 0) is 31.9 Å². The number of aromatic nitrogens is 2. The average molecular weight is 284 g/mol. The van der Waals surface area contributed by atoms with Crippen LogP contribution in [0.25, 0.3) is 11.0 Å². The number of anilines is 1. The Morgan fingerprint density at radius 1 is 1.24 bits per heavy atom. The molecule has 0 unspecified atom stereocenters. The summed E-state index contributed by atoms with van der Waals surface area (Å²) in [6, 6.07) is 7.71. The van der Waals surface area contributed by atoms with Crippen LogP contribution in [0.5, 0.6) is 0 Å². The normalized spacial score (nSPS) is 16.8. The molecule has 1 aliphatic carbocycles. The fourth-order valence-electron chi connectivity index (χ4n) is 2.71. The minimum Gasteiger partial charge on any atom is -0.357 e. The van der Waals surface area contributed by atoms with Gasteiger partial charge in [0.1, 0.15) is 11.9 Å². The molecule has 2 aromatic rings. The van der Waals surface area contributed by atoms with Crippen LogP contribution in [0.1, 0.15) is 32.6 Å². The smallest absolute Gasteiger partial charge is 0.242 e. The van der Waals surface area contributed by atoms with Gasteiger partial charge in [0.25, 0.3) is 0 Å². The van der Waals surface area contributed by atoms with E-state index in [4.69, 9.17) is 0 Å². The lowest BCUT2D eigenvalue weighted by Gasteiger charge is -2.18. The molecule has 3 rings (SSSR count). The first kappa shape index (κ1) is 13.8. The molecule has 1 fully saturated rings. The number of nitrogens with zero attached hydrogens (tertiary/aromatic N) is 2. The molecule has 1 aromatic carbocycles. The fraction of sp³-hybridized carbons (Fsp3) is 0.438. The second kappa shape index (κ2) is 6.08. The van der Waals surface area contributed by atoms with E-state index in [9.17, 15) is 4.79 Å². The highest BCUT2D eigenvalue weighted by Gasteiger charge is 2.20. The summed E-state index contributed by atoms with van der Waals surface area (Å²) in [6.07, 6.45) is 6.27. The summed E-state index contributed by atoms with van der Waals surface area (Å²) < 4.78 is 0. The van der Waals surface area contributed by atoms with Gasteiger partial charge in [-0.1, -0.05) is 25.0 Å². The summed E-state index contributed by atoms with van der Waals surface area (Å²) in [4.78, 5) is 21.0. The lowest BCUT2D eigenvalue weighted by atomic mass is 10.2. The zero-order valence-corrected chi connectivity index (χ0v) is 12.2. The van der Waals surface area contributed by atoms with E-state index in [0.29, 0.717) is 11.9 Å². The summed E-state index contributed by atoms with van der Waals surface area (Å²) in [5.41, 5.74) is 1.68. The lowest BCUT2D eigenvalue weighted by Crippen LogP contribution is -2.42. The molecule has 0 aliphatic heterocycles. The largest absolute Gasteiger partial charge is 0.357 e. The van der Waals surface area contributed by atoms with Gasteiger partial charge in [0.15, 0.2) is 0 Å². The second-order valence-electron chi connectivity index (χ2n) is 5.60. The Bertz CT molecular complexity index is 637. The fourth-order valence-corrected chi connectivity index (χ4v) is 2.71. The quantitative estimate of drug-likeness (QED) is 0.905. The molecule has 5 heteroatoms. The zero-order chi connectivity index (χ0) is 14.7. The number of fused-ring (bicyclic) bond motifs is 1. The van der Waals surface area contributed by atoms with E-state index >= 15 is 0 Å². The molecule has 21 heavy (non-hydrogen) atoms. The Balaban J connectivity index is 1.64. The van der Waals surface area contributed by atoms with E-state index in [1.54, 1.807) is 6.20 Å². The average Bonchev–Trinajstić information content (AvgIpc) is 3.00. The molecule has 2 N–H and O–H groups in total. The number of hydrogen-bond donors (Lipinski definition) is 2. The van der Waals surface area contributed by atoms with Crippen LogP contribution >= 0.6 is 0 Å². The number of amides is 1. The molecule has 0 saturated heterocycles. The molecule has 0 bridgehead atoms. The number of carbonyl (C=O) groups is 1. The van der Waals surface area contributed by atoms with Crippen molar-refractivity contribution in [3.8, 4) is 0 Å². The van der Waals surface area contributed by atoms with Crippen LogP contribution in [0, 0.1) is 0 Å². The van der Waals surface area contributed by atoms with E-state index < -0.39 is 0 Å². The standard InChI is InChI=1S/C16H20N4O/c1-11(16(21)19-12-6-2-3-7-12)18-15-10-17-13-8-4-5-9-14(13)20-15/h4-5,8-12H,2-3,6-7H2,1H3,(H,18,20)(H,19,21)/t11-/m1/s1. The first-order chi connectivity index (χ1) is 10.2. The van der Waals surface area contributed by atoms with Crippen molar-refractivity contribution in [2.45, 2.75) is 44.7 Å². The summed E-state index contributed by atoms with van der Waals surface area (Å²) in [7, 11) is 0. The van der Waals surface area contributed by atoms with Gasteiger partial charge in [0, 0.05) is 6.04 Å². The van der Waals surface area contributed by atoms with Crippen molar-refractivity contribution < 1.29 is 4.79 Å². The van der Waals surface area contributed by atoms with E-state index in [1.165, 1.54) is 12.8 Å². The molecule has 1 aromatic heterocycles. The number of benzene rings is 1. The van der Waals surface area contributed by atoms with Crippen molar-refractivity contribution in [3.05, 3.63) is 30.5 Å². The lowest BCUT2D eigenvalue weighted by molar-refractivity contribution is -0.122. The molecular formula is C16H20N4O. The van der Waals surface area contributed by atoms with Gasteiger partial charge < -0.3 is 10.6 Å². The Labute approximate surface area is 124 Å². The number of carbonyl (C=O) groups excluding carboxylic acids is 1. The summed E-state index contributed by atoms with van der Waals surface area (Å²) in [5, 5.41) is 6.21. The van der Waals surface area contributed by atoms with Crippen molar-refractivity contribution in [3.63, 3.8) is 0 Å². The molecule has 5 nitrogen and oxygen atoms in total. The highest BCUT2D eigenvalue weighted by Crippen LogP contribution is 2.18. The third-order valence-corrected chi connectivity index (χ3v) is 3.91. The molecule has 0 spiro atoms. The van der Waals surface area contributed by atoms with Gasteiger partial charge in [-0.15, -0.1) is 0 Å². The van der Waals surface area contributed by atoms with Crippen molar-refractivity contribution in [1.29, 1.82) is 0 Å². The number of hydrogen-bond acceptors (Lipinski definition) is 4. The molecular weight excluding hydrogens is 264 g/mol. The minimum absolute atomic E-state index is 0.0249. The van der Waals surface area contributed by atoms with Gasteiger partial charge in [-0.25, -0.2) is 4.98 Å². The summed E-state index contributed by atoms with van der Waals surface area (Å²) in [6.45, 7) is 1.85. The van der Waals surface area contributed by atoms with Gasteiger partial charge in [-0.3, -0.25) is 9.78 Å². The van der Waals surface area contributed by atoms with Crippen LogP contribution in [0.15, 0.2) is 30.5 Å². The molecule has 1 heterocycles. The third kappa shape index (κ3) is 3.29. The number of para-hydroxylation sites is 2. The topological polar surface area (TPSA) is 66.9 Å². The Hall–Kier alpha value is -2.17. The second-order valence-corrected chi connectivity index (χ2v) is 5.60. The van der Waals surface area contributed by atoms with Crippen molar-refractivity contribution in [1.82, 2.24) is 15.3 Å². The van der Waals surface area contributed by atoms with Gasteiger partial charge >= 0.3 is 0 Å². The van der Waals surface area contributed by atoms with Crippen molar-refractivity contribution in [2.75, 3.05) is 5.32 Å². The number of rotatable bonds is 4. The first-order valence-corrected chi connectivity index (χ1v) is 7.51. The van der Waals surface area contributed by atoms with Crippen LogP contribution in [0.4, 0.5) is 5.82 Å². The molecule has 1 aliphatic rings. The number of nitrogens with one attached hydrogen (secondary N) is 2. The van der Waals surface area contributed by atoms with Gasteiger partial charge in [0.05, 0.1) is 17.2 Å². The van der Waals surface area contributed by atoms with E-state index in [0.717, 1.165) is 23.9 Å². The third-order valence-electron chi connectivity index (χ3n) is 3.91. The van der Waals surface area contributed by atoms with Gasteiger partial charge in [0.2, 0.25) is 5.91 Å². The predicted molar refractivity (Wildman–Crippen MR) is 83.0 cm³/mol. The molecule has 1 amide bonds. The first-order valence-electron chi connectivity index (χ1n) is 7.51. The predicted octanol–water partition coefficient (Wildman–Crippen LogP) is 2.49. The Morgan fingerprint density at radius 2 is 1.95 bits per heavy atom. The molecule has 0 radical (unpaired) electrons. The van der Waals surface area contributed by atoms with Crippen LogP contribution in [0.2, 0.25) is 0 Å².